The Bertz CT molecular complexity index is 1040. The molecule has 0 aliphatic carbocycles. The van der Waals surface area contributed by atoms with E-state index in [9.17, 15) is 4.79 Å². The SMILES string of the molecule is [C-]#[N+]C(N=Nc1c(CN(C)C)c(C)cc2nsnc12)C(=O)c1ccccc1. The van der Waals surface area contributed by atoms with Gasteiger partial charge < -0.3 is 4.90 Å². The van der Waals surface area contributed by atoms with Crippen LogP contribution in [0.1, 0.15) is 21.5 Å². The van der Waals surface area contributed by atoms with Gasteiger partial charge in [-0.2, -0.15) is 8.75 Å². The summed E-state index contributed by atoms with van der Waals surface area (Å²) in [6, 6.07) is 10.6. The number of aryl methyl sites for hydroxylation is 1. The highest BCUT2D eigenvalue weighted by molar-refractivity contribution is 7.00. The predicted octanol–water partition coefficient (Wildman–Crippen LogP) is 4.27. The minimum atomic E-state index is -1.22. The maximum Gasteiger partial charge on any atom is 0.395 e. The van der Waals surface area contributed by atoms with Gasteiger partial charge in [0.15, 0.2) is 0 Å². The largest absolute Gasteiger partial charge is 0.395 e. The van der Waals surface area contributed by atoms with Gasteiger partial charge in [0.25, 0.3) is 5.78 Å². The molecule has 0 aliphatic rings. The van der Waals surface area contributed by atoms with Crippen LogP contribution in [0.25, 0.3) is 15.9 Å². The Morgan fingerprint density at radius 2 is 2.04 bits per heavy atom. The van der Waals surface area contributed by atoms with E-state index in [-0.39, 0.29) is 5.78 Å². The van der Waals surface area contributed by atoms with Gasteiger partial charge in [-0.3, -0.25) is 9.64 Å². The third-order valence-corrected chi connectivity index (χ3v) is 4.55. The number of rotatable bonds is 6. The van der Waals surface area contributed by atoms with Crippen molar-refractivity contribution in [3.63, 3.8) is 0 Å². The summed E-state index contributed by atoms with van der Waals surface area (Å²) in [5, 5.41) is 8.37. The lowest BCUT2D eigenvalue weighted by Gasteiger charge is -2.14. The lowest BCUT2D eigenvalue weighted by Crippen LogP contribution is -2.14. The molecule has 136 valence electrons. The minimum Gasteiger partial charge on any atom is -0.305 e. The molecule has 27 heavy (non-hydrogen) atoms. The van der Waals surface area contributed by atoms with E-state index in [1.54, 1.807) is 24.3 Å². The van der Waals surface area contributed by atoms with E-state index in [1.807, 2.05) is 38.1 Å². The highest BCUT2D eigenvalue weighted by Crippen LogP contribution is 2.33. The van der Waals surface area contributed by atoms with Gasteiger partial charge in [0.1, 0.15) is 16.7 Å². The summed E-state index contributed by atoms with van der Waals surface area (Å²) in [6.07, 6.45) is -1.22. The van der Waals surface area contributed by atoms with Crippen LogP contribution >= 0.6 is 11.7 Å². The average molecular weight is 378 g/mol. The number of azo groups is 1. The second kappa shape index (κ2) is 8.12. The van der Waals surface area contributed by atoms with Gasteiger partial charge in [-0.05, 0) is 38.2 Å². The maximum atomic E-state index is 12.5. The molecule has 2 aromatic carbocycles. The van der Waals surface area contributed by atoms with E-state index in [2.05, 4.69) is 23.8 Å². The molecule has 3 aromatic rings. The molecule has 8 heteroatoms. The number of hydrogen-bond donors (Lipinski definition) is 0. The van der Waals surface area contributed by atoms with Gasteiger partial charge in [-0.25, -0.2) is 6.57 Å². The van der Waals surface area contributed by atoms with Crippen molar-refractivity contribution < 1.29 is 4.79 Å². The molecule has 0 bridgehead atoms. The summed E-state index contributed by atoms with van der Waals surface area (Å²) in [7, 11) is 3.93. The molecule has 1 aromatic heterocycles. The fourth-order valence-electron chi connectivity index (χ4n) is 2.70. The van der Waals surface area contributed by atoms with E-state index in [4.69, 9.17) is 6.57 Å². The summed E-state index contributed by atoms with van der Waals surface area (Å²) in [6.45, 7) is 9.99. The molecular weight excluding hydrogens is 360 g/mol. The van der Waals surface area contributed by atoms with Crippen LogP contribution in [0.3, 0.4) is 0 Å². The van der Waals surface area contributed by atoms with Crippen molar-refractivity contribution in [1.82, 2.24) is 13.6 Å². The maximum absolute atomic E-state index is 12.5. The van der Waals surface area contributed by atoms with Crippen molar-refractivity contribution in [3.8, 4) is 0 Å². The number of fused-ring (bicyclic) bond motifs is 1. The monoisotopic (exact) mass is 378 g/mol. The van der Waals surface area contributed by atoms with Gasteiger partial charge in [-0.1, -0.05) is 35.4 Å². The molecule has 0 fully saturated rings. The number of nitrogens with zero attached hydrogens (tertiary/aromatic N) is 6. The number of benzene rings is 2. The number of hydrogen-bond acceptors (Lipinski definition) is 7. The van der Waals surface area contributed by atoms with Crippen LogP contribution < -0.4 is 0 Å². The fourth-order valence-corrected chi connectivity index (χ4v) is 3.23. The smallest absolute Gasteiger partial charge is 0.305 e. The van der Waals surface area contributed by atoms with Crippen LogP contribution in [0.2, 0.25) is 0 Å². The van der Waals surface area contributed by atoms with Crippen LogP contribution in [0.5, 0.6) is 0 Å². The molecule has 0 amide bonds. The van der Waals surface area contributed by atoms with Crippen LogP contribution in [-0.2, 0) is 6.54 Å². The summed E-state index contributed by atoms with van der Waals surface area (Å²) >= 11 is 1.10. The molecule has 0 saturated carbocycles. The Labute approximate surface area is 161 Å². The van der Waals surface area contributed by atoms with Crippen molar-refractivity contribution in [2.45, 2.75) is 19.6 Å². The van der Waals surface area contributed by atoms with Crippen LogP contribution in [-0.4, -0.2) is 39.7 Å². The third kappa shape index (κ3) is 4.05. The number of ketones is 1. The first kappa shape index (κ1) is 18.8. The number of aromatic nitrogens is 2. The van der Waals surface area contributed by atoms with Crippen LogP contribution in [0.15, 0.2) is 46.6 Å². The Kier molecular flexibility index (Phi) is 5.64. The molecule has 0 spiro atoms. The van der Waals surface area contributed by atoms with Crippen molar-refractivity contribution >= 4 is 34.2 Å². The Morgan fingerprint density at radius 3 is 2.70 bits per heavy atom. The molecule has 7 nitrogen and oxygen atoms in total. The molecule has 1 atom stereocenters. The normalized spacial score (nSPS) is 12.6. The lowest BCUT2D eigenvalue weighted by atomic mass is 10.0. The van der Waals surface area contributed by atoms with Crippen molar-refractivity contribution in [3.05, 3.63) is 64.5 Å². The van der Waals surface area contributed by atoms with E-state index in [0.717, 1.165) is 28.4 Å². The lowest BCUT2D eigenvalue weighted by molar-refractivity contribution is 0.0976. The van der Waals surface area contributed by atoms with Crippen molar-refractivity contribution in [1.29, 1.82) is 0 Å². The zero-order valence-electron chi connectivity index (χ0n) is 15.2. The molecule has 1 unspecified atom stereocenters. The molecule has 0 N–H and O–H groups in total. The Morgan fingerprint density at radius 1 is 1.30 bits per heavy atom. The zero-order valence-corrected chi connectivity index (χ0v) is 16.1. The summed E-state index contributed by atoms with van der Waals surface area (Å²) < 4.78 is 8.61. The van der Waals surface area contributed by atoms with Crippen LogP contribution in [0.4, 0.5) is 5.69 Å². The number of carbonyl (C=O) groups excluding carboxylic acids is 1. The van der Waals surface area contributed by atoms with E-state index in [0.29, 0.717) is 23.3 Å². The predicted molar refractivity (Wildman–Crippen MR) is 105 cm³/mol. The van der Waals surface area contributed by atoms with Gasteiger partial charge in [-0.15, -0.1) is 5.11 Å². The van der Waals surface area contributed by atoms with Gasteiger partial charge in [0.2, 0.25) is 0 Å². The highest BCUT2D eigenvalue weighted by Gasteiger charge is 2.25. The molecule has 0 aliphatic heterocycles. The van der Waals surface area contributed by atoms with Gasteiger partial charge in [0, 0.05) is 12.1 Å². The van der Waals surface area contributed by atoms with E-state index < -0.39 is 6.17 Å². The first-order chi connectivity index (χ1) is 13.0. The van der Waals surface area contributed by atoms with E-state index in [1.165, 1.54) is 0 Å². The van der Waals surface area contributed by atoms with Crippen LogP contribution in [0, 0.1) is 13.5 Å². The molecule has 3 rings (SSSR count). The fraction of sp³-hybridized carbons (Fsp3) is 0.263. The average Bonchev–Trinajstić information content (AvgIpc) is 3.12. The van der Waals surface area contributed by atoms with Crippen molar-refractivity contribution in [2.75, 3.05) is 14.1 Å². The molecule has 0 saturated heterocycles. The molecular formula is C19H18N6OS. The first-order valence-electron chi connectivity index (χ1n) is 8.27. The third-order valence-electron chi connectivity index (χ3n) is 4.01. The second-order valence-corrected chi connectivity index (χ2v) is 6.87. The van der Waals surface area contributed by atoms with E-state index >= 15 is 0 Å². The van der Waals surface area contributed by atoms with Crippen molar-refractivity contribution in [2.24, 2.45) is 10.2 Å². The standard InChI is InChI=1S/C19H18N6OS/c1-12-10-15-17(24-27-23-15)16(14(12)11-25(3)4)21-22-19(20-2)18(26)13-8-6-5-7-9-13/h5-10,19H,11H2,1,3-4H3. The number of carbonyl (C=O) groups is 1. The van der Waals surface area contributed by atoms with Gasteiger partial charge >= 0.3 is 6.17 Å². The number of Topliss-reactive ketones (excluding diaryl/α,β-unsaturated/α-hetero) is 1. The summed E-state index contributed by atoms with van der Waals surface area (Å²) in [4.78, 5) is 17.9. The molecule has 0 radical (unpaired) electrons. The first-order valence-corrected chi connectivity index (χ1v) is 9.00. The quantitative estimate of drug-likeness (QED) is 0.365. The highest BCUT2D eigenvalue weighted by atomic mass is 32.1. The minimum absolute atomic E-state index is 0.371. The topological polar surface area (TPSA) is 75.2 Å². The Balaban J connectivity index is 2.02. The van der Waals surface area contributed by atoms with Gasteiger partial charge in [0.05, 0.1) is 11.7 Å². The zero-order chi connectivity index (χ0) is 19.4. The second-order valence-electron chi connectivity index (χ2n) is 6.34. The summed E-state index contributed by atoms with van der Waals surface area (Å²) in [5.74, 6) is -0.371. The molecule has 1 heterocycles. The Hall–Kier alpha value is -3.02. The summed E-state index contributed by atoms with van der Waals surface area (Å²) in [5.41, 5.74) is 4.37.